The molecule has 0 aliphatic carbocycles. The first-order chi connectivity index (χ1) is 17.8. The molecule has 0 aliphatic heterocycles. The van der Waals surface area contributed by atoms with Gasteiger partial charge in [0.25, 0.3) is 0 Å². The molecule has 0 bridgehead atoms. The zero-order valence-electron chi connectivity index (χ0n) is 19.8. The van der Waals surface area contributed by atoms with Gasteiger partial charge >= 0.3 is 0 Å². The van der Waals surface area contributed by atoms with E-state index in [1.165, 1.54) is 22.3 Å². The lowest BCUT2D eigenvalue weighted by atomic mass is 10.0. The SMILES string of the molecule is c1ccc(-c2ccc(-c3cc(-c4ccccc4)nc(-c4ccc(-c5ccccc5)cc4)n3)cc2)cc1. The predicted octanol–water partition coefficient (Wildman–Crippen LogP) is 8.81. The summed E-state index contributed by atoms with van der Waals surface area (Å²) in [6.45, 7) is 0. The van der Waals surface area contributed by atoms with Gasteiger partial charge in [-0.3, -0.25) is 0 Å². The monoisotopic (exact) mass is 460 g/mol. The Morgan fingerprint density at radius 3 is 1.03 bits per heavy atom. The number of hydrogen-bond acceptors (Lipinski definition) is 2. The van der Waals surface area contributed by atoms with E-state index in [2.05, 4.69) is 115 Å². The standard InChI is InChI=1S/C34H24N2/c1-4-10-25(11-5-1)27-16-20-30(21-17-27)33-24-32(29-14-8-3-9-15-29)35-34(36-33)31-22-18-28(19-23-31)26-12-6-2-7-13-26/h1-24H. The highest BCUT2D eigenvalue weighted by Crippen LogP contribution is 2.30. The van der Waals surface area contributed by atoms with Crippen LogP contribution >= 0.6 is 0 Å². The molecule has 1 aromatic heterocycles. The van der Waals surface area contributed by atoms with Gasteiger partial charge in [0.15, 0.2) is 5.82 Å². The average molecular weight is 461 g/mol. The minimum atomic E-state index is 0.720. The zero-order valence-corrected chi connectivity index (χ0v) is 19.8. The number of rotatable bonds is 5. The van der Waals surface area contributed by atoms with E-state index >= 15 is 0 Å². The van der Waals surface area contributed by atoms with Crippen molar-refractivity contribution in [3.05, 3.63) is 146 Å². The normalized spacial score (nSPS) is 10.8. The van der Waals surface area contributed by atoms with Crippen molar-refractivity contribution in [1.82, 2.24) is 9.97 Å². The topological polar surface area (TPSA) is 25.8 Å². The van der Waals surface area contributed by atoms with Crippen molar-refractivity contribution in [2.45, 2.75) is 0 Å². The second-order valence-electron chi connectivity index (χ2n) is 8.71. The highest BCUT2D eigenvalue weighted by Gasteiger charge is 2.11. The van der Waals surface area contributed by atoms with Gasteiger partial charge in [-0.25, -0.2) is 9.97 Å². The van der Waals surface area contributed by atoms with Crippen LogP contribution in [0.15, 0.2) is 146 Å². The Kier molecular flexibility index (Phi) is 5.91. The summed E-state index contributed by atoms with van der Waals surface area (Å²) in [5.41, 5.74) is 9.72. The summed E-state index contributed by atoms with van der Waals surface area (Å²) in [7, 11) is 0. The molecule has 170 valence electrons. The van der Waals surface area contributed by atoms with Gasteiger partial charge in [-0.2, -0.15) is 0 Å². The van der Waals surface area contributed by atoms with Crippen molar-refractivity contribution in [3.63, 3.8) is 0 Å². The van der Waals surface area contributed by atoms with E-state index in [-0.39, 0.29) is 0 Å². The summed E-state index contributed by atoms with van der Waals surface area (Å²) in [5, 5.41) is 0. The van der Waals surface area contributed by atoms with Crippen molar-refractivity contribution in [3.8, 4) is 56.2 Å². The Balaban J connectivity index is 1.41. The van der Waals surface area contributed by atoms with Gasteiger partial charge in [0.2, 0.25) is 0 Å². The molecule has 6 rings (SSSR count). The fourth-order valence-electron chi connectivity index (χ4n) is 4.39. The highest BCUT2D eigenvalue weighted by atomic mass is 14.9. The van der Waals surface area contributed by atoms with Crippen LogP contribution in [0.2, 0.25) is 0 Å². The smallest absolute Gasteiger partial charge is 0.160 e. The maximum absolute atomic E-state index is 4.99. The maximum Gasteiger partial charge on any atom is 0.160 e. The van der Waals surface area contributed by atoms with Crippen LogP contribution in [0.25, 0.3) is 56.2 Å². The lowest BCUT2D eigenvalue weighted by molar-refractivity contribution is 1.18. The maximum atomic E-state index is 4.99. The summed E-state index contributed by atoms with van der Waals surface area (Å²) in [5.74, 6) is 0.720. The second-order valence-corrected chi connectivity index (χ2v) is 8.71. The summed E-state index contributed by atoms with van der Waals surface area (Å²) in [6, 6.07) is 50.3. The van der Waals surface area contributed by atoms with Crippen molar-refractivity contribution in [1.29, 1.82) is 0 Å². The minimum absolute atomic E-state index is 0.720. The quantitative estimate of drug-likeness (QED) is 0.257. The van der Waals surface area contributed by atoms with Crippen LogP contribution in [0.4, 0.5) is 0 Å². The minimum Gasteiger partial charge on any atom is -0.228 e. The zero-order chi connectivity index (χ0) is 24.2. The molecule has 0 radical (unpaired) electrons. The highest BCUT2D eigenvalue weighted by molar-refractivity contribution is 5.75. The third-order valence-corrected chi connectivity index (χ3v) is 6.33. The predicted molar refractivity (Wildman–Crippen MR) is 149 cm³/mol. The lowest BCUT2D eigenvalue weighted by Gasteiger charge is -2.10. The first-order valence-electron chi connectivity index (χ1n) is 12.1. The number of aromatic nitrogens is 2. The van der Waals surface area contributed by atoms with Crippen molar-refractivity contribution in [2.75, 3.05) is 0 Å². The molecule has 1 heterocycles. The summed E-state index contributed by atoms with van der Waals surface area (Å²) < 4.78 is 0. The largest absolute Gasteiger partial charge is 0.228 e. The van der Waals surface area contributed by atoms with Gasteiger partial charge in [-0.1, -0.05) is 140 Å². The van der Waals surface area contributed by atoms with E-state index in [1.54, 1.807) is 0 Å². The molecule has 0 saturated heterocycles. The Morgan fingerprint density at radius 1 is 0.278 bits per heavy atom. The van der Waals surface area contributed by atoms with Gasteiger partial charge in [-0.15, -0.1) is 0 Å². The van der Waals surface area contributed by atoms with Crippen LogP contribution < -0.4 is 0 Å². The van der Waals surface area contributed by atoms with Crippen molar-refractivity contribution < 1.29 is 0 Å². The summed E-state index contributed by atoms with van der Waals surface area (Å²) >= 11 is 0. The van der Waals surface area contributed by atoms with E-state index in [9.17, 15) is 0 Å². The van der Waals surface area contributed by atoms with Gasteiger partial charge in [0, 0.05) is 16.7 Å². The van der Waals surface area contributed by atoms with Crippen LogP contribution in [0.5, 0.6) is 0 Å². The molecule has 2 heteroatoms. The molecule has 2 nitrogen and oxygen atoms in total. The van der Waals surface area contributed by atoms with E-state index in [0.29, 0.717) is 0 Å². The molecule has 5 aromatic carbocycles. The molecule has 0 fully saturated rings. The van der Waals surface area contributed by atoms with Crippen LogP contribution in [0.3, 0.4) is 0 Å². The molecule has 0 unspecified atom stereocenters. The molecule has 0 saturated carbocycles. The Bertz CT molecular complexity index is 1470. The molecule has 36 heavy (non-hydrogen) atoms. The molecule has 0 amide bonds. The van der Waals surface area contributed by atoms with Crippen LogP contribution in [-0.4, -0.2) is 9.97 Å². The average Bonchev–Trinajstić information content (AvgIpc) is 2.98. The molecule has 0 N–H and O–H groups in total. The Labute approximate surface area is 211 Å². The Hall–Kier alpha value is -4.82. The molecule has 0 atom stereocenters. The molecular formula is C34H24N2. The Morgan fingerprint density at radius 2 is 0.583 bits per heavy atom. The van der Waals surface area contributed by atoms with E-state index in [0.717, 1.165) is 33.9 Å². The van der Waals surface area contributed by atoms with Crippen molar-refractivity contribution >= 4 is 0 Å². The molecule has 6 aromatic rings. The third-order valence-electron chi connectivity index (χ3n) is 6.33. The lowest BCUT2D eigenvalue weighted by Crippen LogP contribution is -1.96. The fourth-order valence-corrected chi connectivity index (χ4v) is 4.39. The first kappa shape index (κ1) is 21.7. The first-order valence-corrected chi connectivity index (χ1v) is 12.1. The van der Waals surface area contributed by atoms with Crippen LogP contribution in [0, 0.1) is 0 Å². The van der Waals surface area contributed by atoms with Gasteiger partial charge in [0.1, 0.15) is 0 Å². The molecule has 0 aliphatic rings. The van der Waals surface area contributed by atoms with Crippen LogP contribution in [-0.2, 0) is 0 Å². The summed E-state index contributed by atoms with van der Waals surface area (Å²) in [4.78, 5) is 9.95. The third kappa shape index (κ3) is 4.57. The summed E-state index contributed by atoms with van der Waals surface area (Å²) in [6.07, 6.45) is 0. The number of nitrogens with zero attached hydrogens (tertiary/aromatic N) is 2. The van der Waals surface area contributed by atoms with Gasteiger partial charge < -0.3 is 0 Å². The van der Waals surface area contributed by atoms with Crippen LogP contribution in [0.1, 0.15) is 0 Å². The van der Waals surface area contributed by atoms with E-state index < -0.39 is 0 Å². The fraction of sp³-hybridized carbons (Fsp3) is 0. The van der Waals surface area contributed by atoms with Crippen molar-refractivity contribution in [2.24, 2.45) is 0 Å². The second kappa shape index (κ2) is 9.81. The number of hydrogen-bond donors (Lipinski definition) is 0. The van der Waals surface area contributed by atoms with E-state index in [4.69, 9.17) is 9.97 Å². The van der Waals surface area contributed by atoms with Gasteiger partial charge in [-0.05, 0) is 28.3 Å². The number of benzene rings is 5. The van der Waals surface area contributed by atoms with Gasteiger partial charge in [0.05, 0.1) is 11.4 Å². The molecule has 0 spiro atoms. The molecular weight excluding hydrogens is 436 g/mol. The van der Waals surface area contributed by atoms with E-state index in [1.807, 2.05) is 30.3 Å².